The topological polar surface area (TPSA) is 61.4 Å². The molecule has 1 amide bonds. The van der Waals surface area contributed by atoms with Crippen molar-refractivity contribution >= 4 is 22.6 Å². The molecule has 1 aromatic heterocycles. The lowest BCUT2D eigenvalue weighted by molar-refractivity contribution is -0.122. The van der Waals surface area contributed by atoms with Crippen molar-refractivity contribution in [1.82, 2.24) is 20.2 Å². The average Bonchev–Trinajstić information content (AvgIpc) is 2.78. The summed E-state index contributed by atoms with van der Waals surface area (Å²) in [6.45, 7) is 6.65. The third-order valence-electron chi connectivity index (χ3n) is 5.23. The third-order valence-corrected chi connectivity index (χ3v) is 5.23. The molecule has 0 unspecified atom stereocenters. The number of nitrogens with zero attached hydrogens (tertiary/aromatic N) is 4. The molecule has 2 aromatic carbocycles. The van der Waals surface area contributed by atoms with Crippen molar-refractivity contribution in [1.29, 1.82) is 0 Å². The largest absolute Gasteiger partial charge is 0.355 e. The van der Waals surface area contributed by atoms with Gasteiger partial charge in [-0.1, -0.05) is 49.4 Å². The van der Waals surface area contributed by atoms with Gasteiger partial charge in [-0.05, 0) is 18.6 Å². The fourth-order valence-corrected chi connectivity index (χ4v) is 3.66. The highest BCUT2D eigenvalue weighted by Crippen LogP contribution is 2.28. The Bertz CT molecular complexity index is 967. The normalized spacial score (nSPS) is 14.9. The highest BCUT2D eigenvalue weighted by molar-refractivity contribution is 5.91. The molecule has 2 heterocycles. The Morgan fingerprint density at radius 3 is 2.45 bits per heavy atom. The van der Waals surface area contributed by atoms with Crippen LogP contribution in [0.4, 0.5) is 5.82 Å². The number of aromatic nitrogens is 2. The molecule has 0 spiro atoms. The van der Waals surface area contributed by atoms with Gasteiger partial charge in [0.2, 0.25) is 5.91 Å². The SMILES string of the molecule is CCCNC(=O)CN1CCN(c2nc(-c3ccccc3)nc3ccccc23)CC1. The van der Waals surface area contributed by atoms with Gasteiger partial charge >= 0.3 is 0 Å². The predicted octanol–water partition coefficient (Wildman–Crippen LogP) is 2.95. The summed E-state index contributed by atoms with van der Waals surface area (Å²) in [5, 5.41) is 4.03. The summed E-state index contributed by atoms with van der Waals surface area (Å²) < 4.78 is 0. The molecule has 1 saturated heterocycles. The second-order valence-electron chi connectivity index (χ2n) is 7.37. The van der Waals surface area contributed by atoms with Crippen LogP contribution < -0.4 is 10.2 Å². The lowest BCUT2D eigenvalue weighted by Crippen LogP contribution is -2.49. The van der Waals surface area contributed by atoms with Crippen molar-refractivity contribution in [3.8, 4) is 11.4 Å². The van der Waals surface area contributed by atoms with E-state index in [-0.39, 0.29) is 5.91 Å². The van der Waals surface area contributed by atoms with E-state index in [0.29, 0.717) is 6.54 Å². The fourth-order valence-electron chi connectivity index (χ4n) is 3.66. The van der Waals surface area contributed by atoms with Crippen molar-refractivity contribution < 1.29 is 4.79 Å². The number of carbonyl (C=O) groups is 1. The maximum atomic E-state index is 12.0. The van der Waals surface area contributed by atoms with E-state index in [0.717, 1.165) is 67.3 Å². The second-order valence-corrected chi connectivity index (χ2v) is 7.37. The second kappa shape index (κ2) is 9.01. The summed E-state index contributed by atoms with van der Waals surface area (Å²) in [6.07, 6.45) is 0.962. The standard InChI is InChI=1S/C23H27N5O/c1-2-12-24-21(29)17-27-13-15-28(16-14-27)23-19-10-6-7-11-20(19)25-22(26-23)18-8-4-3-5-9-18/h3-11H,2,12-17H2,1H3,(H,24,29). The molecule has 4 rings (SSSR count). The molecule has 0 saturated carbocycles. The predicted molar refractivity (Wildman–Crippen MR) is 117 cm³/mol. The monoisotopic (exact) mass is 389 g/mol. The molecule has 6 nitrogen and oxygen atoms in total. The Balaban J connectivity index is 1.54. The lowest BCUT2D eigenvalue weighted by Gasteiger charge is -2.35. The zero-order valence-corrected chi connectivity index (χ0v) is 16.8. The molecule has 0 aliphatic carbocycles. The number of rotatable bonds is 6. The average molecular weight is 390 g/mol. The van der Waals surface area contributed by atoms with E-state index in [1.165, 1.54) is 0 Å². The summed E-state index contributed by atoms with van der Waals surface area (Å²) in [7, 11) is 0. The number of fused-ring (bicyclic) bond motifs is 1. The first-order valence-electron chi connectivity index (χ1n) is 10.3. The van der Waals surface area contributed by atoms with Crippen molar-refractivity contribution in [3.63, 3.8) is 0 Å². The van der Waals surface area contributed by atoms with Crippen LogP contribution in [0.5, 0.6) is 0 Å². The molecular weight excluding hydrogens is 362 g/mol. The summed E-state index contributed by atoms with van der Waals surface area (Å²) in [6, 6.07) is 18.3. The first kappa shape index (κ1) is 19.3. The van der Waals surface area contributed by atoms with Gasteiger partial charge in [-0.3, -0.25) is 9.69 Å². The van der Waals surface area contributed by atoms with E-state index in [1.807, 2.05) is 48.5 Å². The molecule has 0 bridgehead atoms. The lowest BCUT2D eigenvalue weighted by atomic mass is 10.1. The highest BCUT2D eigenvalue weighted by atomic mass is 16.2. The smallest absolute Gasteiger partial charge is 0.234 e. The molecule has 1 fully saturated rings. The van der Waals surface area contributed by atoms with Crippen molar-refractivity contribution in [2.45, 2.75) is 13.3 Å². The number of hydrogen-bond donors (Lipinski definition) is 1. The first-order valence-corrected chi connectivity index (χ1v) is 10.3. The van der Waals surface area contributed by atoms with Gasteiger partial charge in [0.1, 0.15) is 5.82 Å². The van der Waals surface area contributed by atoms with Gasteiger partial charge in [0.05, 0.1) is 12.1 Å². The van der Waals surface area contributed by atoms with E-state index in [9.17, 15) is 4.79 Å². The van der Waals surface area contributed by atoms with Crippen LogP contribution in [0.1, 0.15) is 13.3 Å². The zero-order valence-electron chi connectivity index (χ0n) is 16.8. The number of amides is 1. The van der Waals surface area contributed by atoms with Crippen LogP contribution in [0.2, 0.25) is 0 Å². The third kappa shape index (κ3) is 4.54. The van der Waals surface area contributed by atoms with Crippen molar-refractivity contribution in [2.75, 3.05) is 44.2 Å². The minimum absolute atomic E-state index is 0.110. The molecule has 6 heteroatoms. The number of anilines is 1. The van der Waals surface area contributed by atoms with E-state index in [2.05, 4.69) is 28.1 Å². The molecule has 150 valence electrons. The number of nitrogens with one attached hydrogen (secondary N) is 1. The summed E-state index contributed by atoms with van der Waals surface area (Å²) in [5.74, 6) is 1.84. The Morgan fingerprint density at radius 2 is 1.69 bits per heavy atom. The number of para-hydroxylation sites is 1. The Labute approximate surface area is 171 Å². The molecule has 3 aromatic rings. The van der Waals surface area contributed by atoms with Crippen LogP contribution in [-0.4, -0.2) is 60.0 Å². The summed E-state index contributed by atoms with van der Waals surface area (Å²) in [5.41, 5.74) is 1.98. The Morgan fingerprint density at radius 1 is 0.966 bits per heavy atom. The molecule has 1 aliphatic heterocycles. The molecule has 1 N–H and O–H groups in total. The minimum Gasteiger partial charge on any atom is -0.355 e. The van der Waals surface area contributed by atoms with Crippen LogP contribution in [0.25, 0.3) is 22.3 Å². The molecule has 1 aliphatic rings. The van der Waals surface area contributed by atoms with Gasteiger partial charge in [-0.2, -0.15) is 0 Å². The van der Waals surface area contributed by atoms with Gasteiger partial charge in [0.25, 0.3) is 0 Å². The number of carbonyl (C=O) groups excluding carboxylic acids is 1. The fraction of sp³-hybridized carbons (Fsp3) is 0.348. The number of piperazine rings is 1. The van der Waals surface area contributed by atoms with E-state index < -0.39 is 0 Å². The minimum atomic E-state index is 0.110. The van der Waals surface area contributed by atoms with Gasteiger partial charge in [-0.25, -0.2) is 9.97 Å². The molecular formula is C23H27N5O. The number of hydrogen-bond acceptors (Lipinski definition) is 5. The van der Waals surface area contributed by atoms with Gasteiger partial charge in [-0.15, -0.1) is 0 Å². The molecule has 0 atom stereocenters. The highest BCUT2D eigenvalue weighted by Gasteiger charge is 2.22. The maximum Gasteiger partial charge on any atom is 0.234 e. The quantitative estimate of drug-likeness (QED) is 0.702. The first-order chi connectivity index (χ1) is 14.2. The summed E-state index contributed by atoms with van der Waals surface area (Å²) >= 11 is 0. The van der Waals surface area contributed by atoms with Crippen molar-refractivity contribution in [2.24, 2.45) is 0 Å². The van der Waals surface area contributed by atoms with E-state index >= 15 is 0 Å². The summed E-state index contributed by atoms with van der Waals surface area (Å²) in [4.78, 5) is 26.3. The van der Waals surface area contributed by atoms with Crippen LogP contribution >= 0.6 is 0 Å². The van der Waals surface area contributed by atoms with Gasteiger partial charge in [0.15, 0.2) is 5.82 Å². The van der Waals surface area contributed by atoms with Crippen molar-refractivity contribution in [3.05, 3.63) is 54.6 Å². The van der Waals surface area contributed by atoms with Crippen LogP contribution in [0.3, 0.4) is 0 Å². The van der Waals surface area contributed by atoms with Gasteiger partial charge in [0, 0.05) is 43.7 Å². The zero-order chi connectivity index (χ0) is 20.1. The molecule has 29 heavy (non-hydrogen) atoms. The van der Waals surface area contributed by atoms with Gasteiger partial charge < -0.3 is 10.2 Å². The van der Waals surface area contributed by atoms with Crippen LogP contribution in [-0.2, 0) is 4.79 Å². The Hall–Kier alpha value is -2.99. The maximum absolute atomic E-state index is 12.0. The Kier molecular flexibility index (Phi) is 6.00. The van der Waals surface area contributed by atoms with Crippen LogP contribution in [0, 0.1) is 0 Å². The molecule has 0 radical (unpaired) electrons. The number of benzene rings is 2. The van der Waals surface area contributed by atoms with E-state index in [4.69, 9.17) is 9.97 Å². The van der Waals surface area contributed by atoms with Crippen LogP contribution in [0.15, 0.2) is 54.6 Å². The van der Waals surface area contributed by atoms with E-state index in [1.54, 1.807) is 0 Å².